The van der Waals surface area contributed by atoms with Crippen LogP contribution in [0.3, 0.4) is 0 Å². The largest absolute Gasteiger partial charge is 0.353 e. The molecular weight excluding hydrogens is 244 g/mol. The molecule has 0 aliphatic rings. The van der Waals surface area contributed by atoms with Gasteiger partial charge < -0.3 is 4.98 Å². The van der Waals surface area contributed by atoms with Crippen molar-refractivity contribution in [2.24, 2.45) is 0 Å². The molecule has 0 radical (unpaired) electrons. The zero-order valence-corrected chi connectivity index (χ0v) is 9.23. The zero-order chi connectivity index (χ0) is 13.3. The van der Waals surface area contributed by atoms with Gasteiger partial charge in [-0.2, -0.15) is 5.10 Å². The third-order valence-corrected chi connectivity index (χ3v) is 2.28. The van der Waals surface area contributed by atoms with Crippen LogP contribution in [-0.2, 0) is 6.67 Å². The van der Waals surface area contributed by atoms with Gasteiger partial charge >= 0.3 is 16.9 Å². The standard InChI is InChI=1S/C8H8N6O4/c1-5-6(14(17)18)7(15)13(8(16)11-5)4-12-3-9-2-10-12/h2-3H,4H2,1H3,(H,11,16). The molecule has 0 unspecified atom stereocenters. The Morgan fingerprint density at radius 2 is 2.22 bits per heavy atom. The van der Waals surface area contributed by atoms with E-state index in [0.29, 0.717) is 4.57 Å². The van der Waals surface area contributed by atoms with Crippen molar-refractivity contribution in [1.82, 2.24) is 24.3 Å². The van der Waals surface area contributed by atoms with Crippen LogP contribution < -0.4 is 11.2 Å². The van der Waals surface area contributed by atoms with E-state index in [4.69, 9.17) is 0 Å². The van der Waals surface area contributed by atoms with Crippen LogP contribution in [0.15, 0.2) is 22.2 Å². The number of hydrogen-bond donors (Lipinski definition) is 1. The summed E-state index contributed by atoms with van der Waals surface area (Å²) in [5, 5.41) is 14.5. The fourth-order valence-corrected chi connectivity index (χ4v) is 1.46. The summed E-state index contributed by atoms with van der Waals surface area (Å²) in [5.74, 6) is 0. The summed E-state index contributed by atoms with van der Waals surface area (Å²) >= 11 is 0. The van der Waals surface area contributed by atoms with Crippen molar-refractivity contribution in [2.75, 3.05) is 0 Å². The van der Waals surface area contributed by atoms with Crippen molar-refractivity contribution in [2.45, 2.75) is 13.6 Å². The summed E-state index contributed by atoms with van der Waals surface area (Å²) in [5.41, 5.74) is -2.45. The Hall–Kier alpha value is -2.78. The number of aryl methyl sites for hydroxylation is 1. The molecule has 1 N–H and O–H groups in total. The number of aromatic nitrogens is 5. The second-order valence-electron chi connectivity index (χ2n) is 3.47. The number of H-pyrrole nitrogens is 1. The Morgan fingerprint density at radius 3 is 2.78 bits per heavy atom. The van der Waals surface area contributed by atoms with Gasteiger partial charge in [0.15, 0.2) is 0 Å². The first-order chi connectivity index (χ1) is 8.50. The van der Waals surface area contributed by atoms with Crippen molar-refractivity contribution >= 4 is 5.69 Å². The van der Waals surface area contributed by atoms with Crippen molar-refractivity contribution in [1.29, 1.82) is 0 Å². The molecule has 10 heteroatoms. The minimum Gasteiger partial charge on any atom is -0.305 e. The third-order valence-electron chi connectivity index (χ3n) is 2.28. The number of nitrogens with one attached hydrogen (secondary N) is 1. The minimum absolute atomic E-state index is 0.0789. The lowest BCUT2D eigenvalue weighted by Crippen LogP contribution is -2.38. The third kappa shape index (κ3) is 1.90. The van der Waals surface area contributed by atoms with Crippen LogP contribution in [0.1, 0.15) is 5.69 Å². The monoisotopic (exact) mass is 252 g/mol. The van der Waals surface area contributed by atoms with Crippen LogP contribution in [0.25, 0.3) is 0 Å². The van der Waals surface area contributed by atoms with Gasteiger partial charge in [-0.1, -0.05) is 0 Å². The highest BCUT2D eigenvalue weighted by molar-refractivity contribution is 5.30. The van der Waals surface area contributed by atoms with Gasteiger partial charge in [0.1, 0.15) is 25.0 Å². The molecule has 0 fully saturated rings. The van der Waals surface area contributed by atoms with Crippen LogP contribution in [0.2, 0.25) is 0 Å². The maximum absolute atomic E-state index is 11.8. The summed E-state index contributed by atoms with van der Waals surface area (Å²) < 4.78 is 1.88. The van der Waals surface area contributed by atoms with Crippen molar-refractivity contribution in [3.8, 4) is 0 Å². The fourth-order valence-electron chi connectivity index (χ4n) is 1.46. The Kier molecular flexibility index (Phi) is 2.75. The highest BCUT2D eigenvalue weighted by Crippen LogP contribution is 2.05. The Balaban J connectivity index is 2.61. The maximum Gasteiger partial charge on any atom is 0.353 e. The van der Waals surface area contributed by atoms with Crippen LogP contribution >= 0.6 is 0 Å². The molecule has 0 saturated heterocycles. The molecule has 10 nitrogen and oxygen atoms in total. The first-order valence-corrected chi connectivity index (χ1v) is 4.81. The van der Waals surface area contributed by atoms with E-state index in [2.05, 4.69) is 15.1 Å². The van der Waals surface area contributed by atoms with Gasteiger partial charge in [-0.25, -0.2) is 19.0 Å². The predicted octanol–water partition coefficient (Wildman–Crippen LogP) is -1.15. The summed E-state index contributed by atoms with van der Waals surface area (Å²) in [6, 6.07) is 0. The average Bonchev–Trinajstić information content (AvgIpc) is 2.75. The Morgan fingerprint density at radius 1 is 1.50 bits per heavy atom. The van der Waals surface area contributed by atoms with Gasteiger partial charge in [0, 0.05) is 0 Å². The van der Waals surface area contributed by atoms with E-state index in [-0.39, 0.29) is 12.4 Å². The lowest BCUT2D eigenvalue weighted by atomic mass is 10.4. The van der Waals surface area contributed by atoms with Gasteiger partial charge in [-0.05, 0) is 6.92 Å². The molecule has 2 heterocycles. The van der Waals surface area contributed by atoms with Crippen molar-refractivity contribution in [3.63, 3.8) is 0 Å². The summed E-state index contributed by atoms with van der Waals surface area (Å²) in [6.07, 6.45) is 2.51. The van der Waals surface area contributed by atoms with E-state index >= 15 is 0 Å². The zero-order valence-electron chi connectivity index (χ0n) is 9.23. The van der Waals surface area contributed by atoms with Crippen LogP contribution in [-0.4, -0.2) is 29.2 Å². The number of nitrogens with zero attached hydrogens (tertiary/aromatic N) is 5. The van der Waals surface area contributed by atoms with Gasteiger partial charge in [-0.15, -0.1) is 0 Å². The summed E-state index contributed by atoms with van der Waals surface area (Å²) in [7, 11) is 0. The molecule has 0 atom stereocenters. The molecule has 2 rings (SSSR count). The molecule has 0 saturated carbocycles. The highest BCUT2D eigenvalue weighted by atomic mass is 16.6. The quantitative estimate of drug-likeness (QED) is 0.542. The molecular formula is C8H8N6O4. The Labute approximate surface area is 98.7 Å². The number of aromatic amines is 1. The first-order valence-electron chi connectivity index (χ1n) is 4.81. The molecule has 0 spiro atoms. The predicted molar refractivity (Wildman–Crippen MR) is 58.1 cm³/mol. The fraction of sp³-hybridized carbons (Fsp3) is 0.250. The molecule has 0 aliphatic carbocycles. The molecule has 0 amide bonds. The van der Waals surface area contributed by atoms with E-state index in [1.54, 1.807) is 0 Å². The van der Waals surface area contributed by atoms with Gasteiger partial charge in [0.2, 0.25) is 0 Å². The lowest BCUT2D eigenvalue weighted by Gasteiger charge is -2.04. The first kappa shape index (κ1) is 11.7. The van der Waals surface area contributed by atoms with E-state index < -0.39 is 21.9 Å². The van der Waals surface area contributed by atoms with Gasteiger partial charge in [0.05, 0.1) is 4.92 Å². The summed E-state index contributed by atoms with van der Waals surface area (Å²) in [4.78, 5) is 39.2. The minimum atomic E-state index is -0.975. The maximum atomic E-state index is 11.8. The number of hydrogen-bond acceptors (Lipinski definition) is 6. The van der Waals surface area contributed by atoms with Crippen molar-refractivity contribution in [3.05, 3.63) is 49.3 Å². The van der Waals surface area contributed by atoms with E-state index in [0.717, 1.165) is 0 Å². The molecule has 18 heavy (non-hydrogen) atoms. The molecule has 2 aromatic heterocycles. The van der Waals surface area contributed by atoms with Crippen LogP contribution in [0.4, 0.5) is 5.69 Å². The number of rotatable bonds is 3. The van der Waals surface area contributed by atoms with Crippen LogP contribution in [0, 0.1) is 17.0 Å². The second kappa shape index (κ2) is 4.24. The molecule has 0 bridgehead atoms. The summed E-state index contributed by atoms with van der Waals surface area (Å²) in [6.45, 7) is 1.05. The van der Waals surface area contributed by atoms with E-state index in [1.165, 1.54) is 24.3 Å². The highest BCUT2D eigenvalue weighted by Gasteiger charge is 2.21. The smallest absolute Gasteiger partial charge is 0.305 e. The van der Waals surface area contributed by atoms with E-state index in [9.17, 15) is 19.7 Å². The van der Waals surface area contributed by atoms with Gasteiger partial charge in [-0.3, -0.25) is 14.9 Å². The number of nitro groups is 1. The Bertz CT molecular complexity index is 697. The van der Waals surface area contributed by atoms with E-state index in [1.807, 2.05) is 0 Å². The molecule has 2 aromatic rings. The SMILES string of the molecule is Cc1[nH]c(=O)n(Cn2cncn2)c(=O)c1[N+](=O)[O-]. The molecule has 0 aliphatic heterocycles. The van der Waals surface area contributed by atoms with Crippen LogP contribution in [0.5, 0.6) is 0 Å². The van der Waals surface area contributed by atoms with Crippen molar-refractivity contribution < 1.29 is 4.92 Å². The topological polar surface area (TPSA) is 129 Å². The molecule has 0 aromatic carbocycles. The normalized spacial score (nSPS) is 10.5. The van der Waals surface area contributed by atoms with Gasteiger partial charge in [0.25, 0.3) is 0 Å². The average molecular weight is 252 g/mol. The molecule has 94 valence electrons. The second-order valence-corrected chi connectivity index (χ2v) is 3.47. The lowest BCUT2D eigenvalue weighted by molar-refractivity contribution is -0.387.